The van der Waals surface area contributed by atoms with Gasteiger partial charge in [-0.05, 0) is 43.5 Å². The number of nitrogen functional groups attached to an aromatic ring is 1. The fraction of sp³-hybridized carbons (Fsp3) is 0.238. The quantitative estimate of drug-likeness (QED) is 0.504. The Morgan fingerprint density at radius 1 is 1.00 bits per heavy atom. The lowest BCUT2D eigenvalue weighted by Crippen LogP contribution is -1.92. The maximum absolute atomic E-state index is 5.98. The van der Waals surface area contributed by atoms with Gasteiger partial charge < -0.3 is 10.5 Å². The lowest BCUT2D eigenvalue weighted by Gasteiger charge is -2.10. The normalized spacial score (nSPS) is 15.3. The minimum Gasteiger partial charge on any atom is -0.454 e. The summed E-state index contributed by atoms with van der Waals surface area (Å²) in [6, 6.07) is 9.91. The molecule has 0 aromatic heterocycles. The zero-order chi connectivity index (χ0) is 18.4. The summed E-state index contributed by atoms with van der Waals surface area (Å²) in [4.78, 5) is 0. The largest absolute Gasteiger partial charge is 0.454 e. The van der Waals surface area contributed by atoms with Crippen LogP contribution in [0.4, 0.5) is 5.69 Å². The molecule has 1 aliphatic carbocycles. The van der Waals surface area contributed by atoms with E-state index in [2.05, 4.69) is 32.1 Å². The van der Waals surface area contributed by atoms with Crippen LogP contribution in [0.3, 0.4) is 0 Å². The highest BCUT2D eigenvalue weighted by atomic mass is 35.5. The number of hydrogen-bond acceptors (Lipinski definition) is 2. The molecule has 2 nitrogen and oxygen atoms in total. The summed E-state index contributed by atoms with van der Waals surface area (Å²) < 4.78 is 5.58. The second-order valence-electron chi connectivity index (χ2n) is 5.88. The van der Waals surface area contributed by atoms with Crippen molar-refractivity contribution in [1.82, 2.24) is 0 Å². The molecular weight excluding hydrogens is 389 g/mol. The van der Waals surface area contributed by atoms with Gasteiger partial charge in [0.25, 0.3) is 0 Å². The van der Waals surface area contributed by atoms with E-state index in [1.807, 2.05) is 0 Å². The molecule has 1 unspecified atom stereocenters. The molecule has 26 heavy (non-hydrogen) atoms. The first-order valence-electron chi connectivity index (χ1n) is 7.88. The van der Waals surface area contributed by atoms with E-state index in [1.165, 1.54) is 12.0 Å². The SMILES string of the molecule is C.CC1=CCC(C)C=C1.Nc1ccc(Cl)cc1Oc1cc(Cl)ccc1Cl. The van der Waals surface area contributed by atoms with Gasteiger partial charge in [-0.25, -0.2) is 0 Å². The number of benzene rings is 2. The molecule has 0 aliphatic heterocycles. The van der Waals surface area contributed by atoms with Crippen LogP contribution in [0.2, 0.25) is 15.1 Å². The van der Waals surface area contributed by atoms with E-state index in [0.29, 0.717) is 32.3 Å². The highest BCUT2D eigenvalue weighted by Crippen LogP contribution is 2.35. The Kier molecular flexibility index (Phi) is 9.07. The van der Waals surface area contributed by atoms with Gasteiger partial charge in [0.1, 0.15) is 5.75 Å². The molecule has 2 aromatic rings. The minimum atomic E-state index is 0. The number of allylic oxidation sites excluding steroid dienone is 4. The molecule has 0 bridgehead atoms. The summed E-state index contributed by atoms with van der Waals surface area (Å²) in [7, 11) is 0. The van der Waals surface area contributed by atoms with E-state index < -0.39 is 0 Å². The number of halogens is 3. The molecule has 0 fully saturated rings. The van der Waals surface area contributed by atoms with Crippen molar-refractivity contribution in [2.75, 3.05) is 5.73 Å². The molecule has 3 rings (SSSR count). The third-order valence-electron chi connectivity index (χ3n) is 3.59. The molecule has 5 heteroatoms. The summed E-state index contributed by atoms with van der Waals surface area (Å²) in [5, 5.41) is 1.52. The van der Waals surface area contributed by atoms with E-state index >= 15 is 0 Å². The number of ether oxygens (including phenoxy) is 1. The molecule has 0 amide bonds. The minimum absolute atomic E-state index is 0. The zero-order valence-electron chi connectivity index (χ0n) is 14.1. The lowest BCUT2D eigenvalue weighted by atomic mass is 10.00. The number of rotatable bonds is 2. The van der Waals surface area contributed by atoms with Crippen LogP contribution in [-0.2, 0) is 0 Å². The van der Waals surface area contributed by atoms with Gasteiger partial charge in [-0.1, -0.05) is 73.0 Å². The van der Waals surface area contributed by atoms with E-state index in [0.717, 1.165) is 5.92 Å². The van der Waals surface area contributed by atoms with E-state index in [-0.39, 0.29) is 7.43 Å². The molecule has 0 spiro atoms. The van der Waals surface area contributed by atoms with E-state index in [1.54, 1.807) is 36.4 Å². The maximum atomic E-state index is 5.98. The van der Waals surface area contributed by atoms with Crippen LogP contribution in [-0.4, -0.2) is 0 Å². The molecule has 140 valence electrons. The van der Waals surface area contributed by atoms with Crippen LogP contribution in [0.15, 0.2) is 60.2 Å². The van der Waals surface area contributed by atoms with Crippen molar-refractivity contribution in [2.24, 2.45) is 5.92 Å². The van der Waals surface area contributed by atoms with Gasteiger partial charge in [-0.2, -0.15) is 0 Å². The average molecular weight is 413 g/mol. The third kappa shape index (κ3) is 6.95. The van der Waals surface area contributed by atoms with Gasteiger partial charge in [-0.3, -0.25) is 0 Å². The highest BCUT2D eigenvalue weighted by Gasteiger charge is 2.07. The Morgan fingerprint density at radius 2 is 1.62 bits per heavy atom. The van der Waals surface area contributed by atoms with Crippen LogP contribution in [0, 0.1) is 5.92 Å². The molecule has 2 N–H and O–H groups in total. The fourth-order valence-electron chi connectivity index (χ4n) is 2.10. The van der Waals surface area contributed by atoms with Crippen molar-refractivity contribution in [2.45, 2.75) is 27.7 Å². The van der Waals surface area contributed by atoms with Gasteiger partial charge in [-0.15, -0.1) is 0 Å². The molecule has 1 aliphatic rings. The number of anilines is 1. The zero-order valence-corrected chi connectivity index (χ0v) is 16.4. The van der Waals surface area contributed by atoms with Crippen LogP contribution < -0.4 is 10.5 Å². The topological polar surface area (TPSA) is 35.2 Å². The summed E-state index contributed by atoms with van der Waals surface area (Å²) in [6.45, 7) is 4.38. The third-order valence-corrected chi connectivity index (χ3v) is 4.37. The predicted octanol–water partition coefficient (Wildman–Crippen LogP) is 8.19. The van der Waals surface area contributed by atoms with Crippen molar-refractivity contribution in [3.63, 3.8) is 0 Å². The molecule has 0 saturated heterocycles. The molecule has 1 atom stereocenters. The first kappa shape index (κ1) is 22.4. The van der Waals surface area contributed by atoms with Crippen molar-refractivity contribution >= 4 is 40.5 Å². The van der Waals surface area contributed by atoms with Crippen molar-refractivity contribution in [1.29, 1.82) is 0 Å². The predicted molar refractivity (Wildman–Crippen MR) is 116 cm³/mol. The molecule has 0 saturated carbocycles. The van der Waals surface area contributed by atoms with Crippen LogP contribution in [0.1, 0.15) is 27.7 Å². The monoisotopic (exact) mass is 411 g/mol. The van der Waals surface area contributed by atoms with Crippen molar-refractivity contribution < 1.29 is 4.74 Å². The van der Waals surface area contributed by atoms with Gasteiger partial charge in [0.15, 0.2) is 5.75 Å². The Hall–Kier alpha value is -1.61. The van der Waals surface area contributed by atoms with Crippen LogP contribution in [0.5, 0.6) is 11.5 Å². The Balaban J connectivity index is 0.000000318. The number of nitrogens with two attached hydrogens (primary N) is 1. The van der Waals surface area contributed by atoms with Gasteiger partial charge in [0.05, 0.1) is 10.7 Å². The van der Waals surface area contributed by atoms with Gasteiger partial charge >= 0.3 is 0 Å². The van der Waals surface area contributed by atoms with Crippen LogP contribution in [0.25, 0.3) is 0 Å². The van der Waals surface area contributed by atoms with Gasteiger partial charge in [0.2, 0.25) is 0 Å². The molecule has 0 radical (unpaired) electrons. The first-order valence-corrected chi connectivity index (χ1v) is 9.01. The lowest BCUT2D eigenvalue weighted by molar-refractivity contribution is 0.485. The van der Waals surface area contributed by atoms with E-state index in [9.17, 15) is 0 Å². The Morgan fingerprint density at radius 3 is 2.19 bits per heavy atom. The molecular formula is C21H24Cl3NO. The second kappa shape index (κ2) is 10.5. The Bertz CT molecular complexity index is 750. The Labute approximate surface area is 171 Å². The first-order chi connectivity index (χ1) is 11.8. The standard InChI is InChI=1S/C12H8Cl3NO.C8H12.CH4/c13-7-1-3-9(15)11(5-7)17-12-6-8(14)2-4-10(12)16;1-7-3-5-8(2)6-4-7;/h1-6H,16H2;3-5,8H,6H2,1-2H3;1H4. The highest BCUT2D eigenvalue weighted by molar-refractivity contribution is 6.34. The average Bonchev–Trinajstić information content (AvgIpc) is 2.58. The summed E-state index contributed by atoms with van der Waals surface area (Å²) in [5.41, 5.74) is 7.65. The fourth-order valence-corrected chi connectivity index (χ4v) is 2.59. The smallest absolute Gasteiger partial charge is 0.151 e. The molecule has 0 heterocycles. The summed E-state index contributed by atoms with van der Waals surface area (Å²) in [5.74, 6) is 1.65. The second-order valence-corrected chi connectivity index (χ2v) is 7.16. The molecule has 2 aromatic carbocycles. The number of hydrogen-bond donors (Lipinski definition) is 1. The van der Waals surface area contributed by atoms with Gasteiger partial charge in [0, 0.05) is 22.2 Å². The van der Waals surface area contributed by atoms with Crippen LogP contribution >= 0.6 is 34.8 Å². The van der Waals surface area contributed by atoms with Crippen molar-refractivity contribution in [3.8, 4) is 11.5 Å². The maximum Gasteiger partial charge on any atom is 0.151 e. The summed E-state index contributed by atoms with van der Waals surface area (Å²) >= 11 is 17.7. The van der Waals surface area contributed by atoms with E-state index in [4.69, 9.17) is 45.3 Å². The summed E-state index contributed by atoms with van der Waals surface area (Å²) in [6.07, 6.45) is 7.95. The van der Waals surface area contributed by atoms with Crippen molar-refractivity contribution in [3.05, 3.63) is 75.3 Å².